The van der Waals surface area contributed by atoms with Gasteiger partial charge in [0.15, 0.2) is 0 Å². The molecular weight excluding hydrogens is 201 g/mol. The molecule has 0 aromatic heterocycles. The SMILES string of the molecule is CCOC1=[C-]CC=C1.[Ru+]. The molecule has 0 atom stereocenters. The van der Waals surface area contributed by atoms with Crippen LogP contribution in [0.5, 0.6) is 0 Å². The molecule has 1 nitrogen and oxygen atoms in total. The van der Waals surface area contributed by atoms with Crippen LogP contribution in [0.4, 0.5) is 0 Å². The molecule has 9 heavy (non-hydrogen) atoms. The molecule has 51 valence electrons. The molecule has 0 saturated carbocycles. The number of rotatable bonds is 2. The van der Waals surface area contributed by atoms with Gasteiger partial charge in [0.1, 0.15) is 0 Å². The average molecular weight is 210 g/mol. The van der Waals surface area contributed by atoms with Gasteiger partial charge in [0.25, 0.3) is 0 Å². The summed E-state index contributed by atoms with van der Waals surface area (Å²) < 4.78 is 5.12. The van der Waals surface area contributed by atoms with E-state index in [4.69, 9.17) is 4.74 Å². The predicted octanol–water partition coefficient (Wildman–Crippen LogP) is 1.67. The van der Waals surface area contributed by atoms with Gasteiger partial charge in [0.2, 0.25) is 0 Å². The summed E-state index contributed by atoms with van der Waals surface area (Å²) in [6, 6.07) is 0. The summed E-state index contributed by atoms with van der Waals surface area (Å²) in [7, 11) is 0. The largest absolute Gasteiger partial charge is 1.00 e. The Balaban J connectivity index is 0.000000640. The van der Waals surface area contributed by atoms with Crippen LogP contribution in [0.25, 0.3) is 0 Å². The topological polar surface area (TPSA) is 9.23 Å². The van der Waals surface area contributed by atoms with E-state index >= 15 is 0 Å². The molecule has 1 radical (unpaired) electrons. The standard InChI is InChI=1S/C7H9O.Ru/c1-2-8-7-5-3-4-6-7;/h3,5H,2,4H2,1H3;/q-1;+1. The van der Waals surface area contributed by atoms with Crippen molar-refractivity contribution >= 4 is 0 Å². The molecule has 0 N–H and O–H groups in total. The summed E-state index contributed by atoms with van der Waals surface area (Å²) in [5, 5.41) is 0. The summed E-state index contributed by atoms with van der Waals surface area (Å²) >= 11 is 0. The Labute approximate surface area is 68.5 Å². The molecule has 0 unspecified atom stereocenters. The first-order valence-corrected chi connectivity index (χ1v) is 2.83. The van der Waals surface area contributed by atoms with Crippen molar-refractivity contribution in [2.45, 2.75) is 13.3 Å². The third-order valence-electron chi connectivity index (χ3n) is 0.963. The molecule has 0 aromatic carbocycles. The van der Waals surface area contributed by atoms with Crippen LogP contribution in [0.1, 0.15) is 13.3 Å². The van der Waals surface area contributed by atoms with Gasteiger partial charge in [-0.1, -0.05) is 5.76 Å². The van der Waals surface area contributed by atoms with Crippen LogP contribution in [-0.4, -0.2) is 6.61 Å². The van der Waals surface area contributed by atoms with Crippen molar-refractivity contribution in [3.8, 4) is 0 Å². The molecule has 0 heterocycles. The minimum Gasteiger partial charge on any atom is -0.532 e. The first-order chi connectivity index (χ1) is 3.93. The molecule has 0 spiro atoms. The monoisotopic (exact) mass is 211 g/mol. The van der Waals surface area contributed by atoms with Crippen LogP contribution >= 0.6 is 0 Å². The van der Waals surface area contributed by atoms with Gasteiger partial charge in [0.05, 0.1) is 6.61 Å². The van der Waals surface area contributed by atoms with Crippen molar-refractivity contribution in [2.24, 2.45) is 0 Å². The van der Waals surface area contributed by atoms with Crippen LogP contribution in [-0.2, 0) is 24.2 Å². The van der Waals surface area contributed by atoms with Crippen LogP contribution < -0.4 is 0 Å². The van der Waals surface area contributed by atoms with E-state index in [2.05, 4.69) is 6.08 Å². The zero-order valence-corrected chi connectivity index (χ0v) is 7.07. The molecule has 2 heteroatoms. The van der Waals surface area contributed by atoms with Crippen molar-refractivity contribution in [1.29, 1.82) is 0 Å². The first-order valence-electron chi connectivity index (χ1n) is 2.83. The molecule has 0 bridgehead atoms. The molecule has 1 aliphatic rings. The van der Waals surface area contributed by atoms with Crippen LogP contribution in [0.2, 0.25) is 0 Å². The first kappa shape index (κ1) is 8.90. The second-order valence-corrected chi connectivity index (χ2v) is 1.58. The molecule has 0 saturated heterocycles. The van der Waals surface area contributed by atoms with E-state index in [0.717, 1.165) is 18.8 Å². The van der Waals surface area contributed by atoms with Crippen LogP contribution in [0.3, 0.4) is 0 Å². The Morgan fingerprint density at radius 1 is 1.78 bits per heavy atom. The van der Waals surface area contributed by atoms with E-state index < -0.39 is 0 Å². The summed E-state index contributed by atoms with van der Waals surface area (Å²) in [6.45, 7) is 2.72. The fraction of sp³-hybridized carbons (Fsp3) is 0.429. The Kier molecular flexibility index (Phi) is 4.70. The molecular formula is C7H9ORu. The second-order valence-electron chi connectivity index (χ2n) is 1.58. The Bertz CT molecular complexity index is 127. The molecule has 0 aliphatic heterocycles. The van der Waals surface area contributed by atoms with Gasteiger partial charge >= 0.3 is 19.5 Å². The minimum atomic E-state index is 0. The molecule has 0 fully saturated rings. The van der Waals surface area contributed by atoms with E-state index in [1.54, 1.807) is 0 Å². The summed E-state index contributed by atoms with van der Waals surface area (Å²) in [5.41, 5.74) is 0. The van der Waals surface area contributed by atoms with Gasteiger partial charge in [-0.25, -0.2) is 6.08 Å². The van der Waals surface area contributed by atoms with Crippen molar-refractivity contribution in [2.75, 3.05) is 6.61 Å². The second kappa shape index (κ2) is 4.75. The van der Waals surface area contributed by atoms with E-state index in [1.807, 2.05) is 19.1 Å². The summed E-state index contributed by atoms with van der Waals surface area (Å²) in [4.78, 5) is 0. The Hall–Kier alpha value is -0.0966. The maximum Gasteiger partial charge on any atom is 1.00 e. The van der Waals surface area contributed by atoms with Gasteiger partial charge in [-0.05, 0) is 6.92 Å². The normalized spacial score (nSPS) is 14.6. The number of ether oxygens (including phenoxy) is 1. The Morgan fingerprint density at radius 2 is 2.56 bits per heavy atom. The summed E-state index contributed by atoms with van der Waals surface area (Å²) in [6.07, 6.45) is 7.93. The number of hydrogen-bond donors (Lipinski definition) is 0. The van der Waals surface area contributed by atoms with Crippen molar-refractivity contribution < 1.29 is 24.2 Å². The molecule has 1 rings (SSSR count). The van der Waals surface area contributed by atoms with E-state index in [1.165, 1.54) is 0 Å². The third kappa shape index (κ3) is 2.81. The average Bonchev–Trinajstić information content (AvgIpc) is 2.19. The fourth-order valence-corrected chi connectivity index (χ4v) is 0.639. The zero-order valence-electron chi connectivity index (χ0n) is 5.33. The van der Waals surface area contributed by atoms with Gasteiger partial charge in [0, 0.05) is 0 Å². The quantitative estimate of drug-likeness (QED) is 0.497. The minimum absolute atomic E-state index is 0. The van der Waals surface area contributed by atoms with Crippen molar-refractivity contribution in [3.05, 3.63) is 24.0 Å². The number of hydrogen-bond acceptors (Lipinski definition) is 1. The fourth-order valence-electron chi connectivity index (χ4n) is 0.639. The van der Waals surface area contributed by atoms with Gasteiger partial charge < -0.3 is 4.74 Å². The van der Waals surface area contributed by atoms with E-state index in [-0.39, 0.29) is 19.5 Å². The molecule has 0 amide bonds. The van der Waals surface area contributed by atoms with Gasteiger partial charge in [-0.2, -0.15) is 12.2 Å². The smallest absolute Gasteiger partial charge is 0.532 e. The maximum absolute atomic E-state index is 5.12. The van der Waals surface area contributed by atoms with Crippen LogP contribution in [0, 0.1) is 6.08 Å². The zero-order chi connectivity index (χ0) is 5.82. The van der Waals surface area contributed by atoms with Gasteiger partial charge in [-0.3, -0.25) is 0 Å². The van der Waals surface area contributed by atoms with E-state index in [0.29, 0.717) is 0 Å². The maximum atomic E-state index is 5.12. The Morgan fingerprint density at radius 3 is 3.00 bits per heavy atom. The third-order valence-corrected chi connectivity index (χ3v) is 0.963. The van der Waals surface area contributed by atoms with Crippen molar-refractivity contribution in [3.63, 3.8) is 0 Å². The predicted molar refractivity (Wildman–Crippen MR) is 32.1 cm³/mol. The van der Waals surface area contributed by atoms with Crippen molar-refractivity contribution in [1.82, 2.24) is 0 Å². The number of allylic oxidation sites excluding steroid dienone is 3. The summed E-state index contributed by atoms with van der Waals surface area (Å²) in [5.74, 6) is 0.896. The molecule has 0 aromatic rings. The molecule has 1 aliphatic carbocycles. The van der Waals surface area contributed by atoms with E-state index in [9.17, 15) is 0 Å². The van der Waals surface area contributed by atoms with Crippen LogP contribution in [0.15, 0.2) is 17.9 Å². The van der Waals surface area contributed by atoms with Gasteiger partial charge in [-0.15, -0.1) is 6.42 Å².